The number of benzene rings is 9. The molecule has 0 unspecified atom stereocenters. The van der Waals surface area contributed by atoms with Gasteiger partial charge in [0.1, 0.15) is 0 Å². The molecule has 0 bridgehead atoms. The van der Waals surface area contributed by atoms with Crippen molar-refractivity contribution < 1.29 is 0 Å². The molecule has 2 nitrogen and oxygen atoms in total. The molecule has 0 atom stereocenters. The number of anilines is 3. The lowest BCUT2D eigenvalue weighted by molar-refractivity contribution is 1.18. The van der Waals surface area contributed by atoms with Gasteiger partial charge in [-0.05, 0) is 111 Å². The van der Waals surface area contributed by atoms with E-state index < -0.39 is 0 Å². The fourth-order valence-electron chi connectivity index (χ4n) is 8.73. The summed E-state index contributed by atoms with van der Waals surface area (Å²) in [5.41, 5.74) is 16.0. The first-order valence-corrected chi connectivity index (χ1v) is 20.4. The molecule has 0 radical (unpaired) electrons. The second-order valence-electron chi connectivity index (χ2n) is 15.2. The number of hydrogen-bond acceptors (Lipinski definition) is 1. The van der Waals surface area contributed by atoms with Crippen LogP contribution in [0.4, 0.5) is 17.1 Å². The predicted molar refractivity (Wildman–Crippen MR) is 252 cm³/mol. The van der Waals surface area contributed by atoms with E-state index >= 15 is 0 Å². The van der Waals surface area contributed by atoms with E-state index in [1.165, 1.54) is 32.8 Å². The Bertz CT molecular complexity index is 3240. The number of nitrogens with zero attached hydrogens (tertiary/aromatic N) is 2. The number of hydrogen-bond donors (Lipinski definition) is 0. The van der Waals surface area contributed by atoms with Gasteiger partial charge in [0.05, 0.1) is 27.8 Å². The van der Waals surface area contributed by atoms with Gasteiger partial charge < -0.3 is 9.47 Å². The molecule has 0 aliphatic heterocycles. The largest absolute Gasteiger partial charge is 0.309 e. The van der Waals surface area contributed by atoms with Gasteiger partial charge in [0.2, 0.25) is 0 Å². The molecule has 60 heavy (non-hydrogen) atoms. The summed E-state index contributed by atoms with van der Waals surface area (Å²) < 4.78 is 2.32. The fourth-order valence-corrected chi connectivity index (χ4v) is 8.73. The van der Waals surface area contributed by atoms with Crippen molar-refractivity contribution in [2.24, 2.45) is 0 Å². The van der Waals surface area contributed by atoms with Crippen LogP contribution < -0.4 is 4.90 Å². The highest BCUT2D eigenvalue weighted by Crippen LogP contribution is 2.46. The van der Waals surface area contributed by atoms with Crippen LogP contribution in [0.5, 0.6) is 0 Å². The van der Waals surface area contributed by atoms with Crippen molar-refractivity contribution in [3.63, 3.8) is 0 Å². The summed E-state index contributed by atoms with van der Waals surface area (Å²) in [4.78, 5) is 2.43. The molecule has 280 valence electrons. The summed E-state index contributed by atoms with van der Waals surface area (Å²) in [5.74, 6) is 0. The van der Waals surface area contributed by atoms with Gasteiger partial charge in [0.15, 0.2) is 0 Å². The van der Waals surface area contributed by atoms with Crippen LogP contribution in [0.3, 0.4) is 0 Å². The molecule has 0 aliphatic carbocycles. The van der Waals surface area contributed by atoms with Crippen LogP contribution in [-0.4, -0.2) is 4.57 Å². The fraction of sp³-hybridized carbons (Fsp3) is 0. The first kappa shape index (κ1) is 35.1. The van der Waals surface area contributed by atoms with Crippen LogP contribution in [0.2, 0.25) is 0 Å². The molecule has 2 heteroatoms. The molecular formula is C58H38N2. The van der Waals surface area contributed by atoms with Crippen molar-refractivity contribution >= 4 is 49.6 Å². The monoisotopic (exact) mass is 762 g/mol. The lowest BCUT2D eigenvalue weighted by Crippen LogP contribution is -2.12. The van der Waals surface area contributed by atoms with Crippen molar-refractivity contribution in [1.29, 1.82) is 0 Å². The highest BCUT2D eigenvalue weighted by atomic mass is 15.1. The van der Waals surface area contributed by atoms with Gasteiger partial charge in [-0.2, -0.15) is 0 Å². The highest BCUT2D eigenvalue weighted by Gasteiger charge is 2.22. The lowest BCUT2D eigenvalue weighted by atomic mass is 9.95. The summed E-state index contributed by atoms with van der Waals surface area (Å²) in [6.45, 7) is 0. The molecule has 1 aromatic heterocycles. The average Bonchev–Trinajstić information content (AvgIpc) is 3.67. The van der Waals surface area contributed by atoms with E-state index in [1.54, 1.807) is 0 Å². The smallest absolute Gasteiger partial charge is 0.0631 e. The molecule has 0 saturated carbocycles. The Kier molecular flexibility index (Phi) is 8.77. The third kappa shape index (κ3) is 6.27. The first-order chi connectivity index (χ1) is 29.8. The predicted octanol–water partition coefficient (Wildman–Crippen LogP) is 15.7. The standard InChI is InChI=1S/C58H38N2/c1-3-16-44(17-4-1)51-21-9-12-24-55(51)59(49-34-29-42(30-35-49)47-28-27-41-15-7-8-20-46(41)39-47)58-38-33-48(40-54(58)45-18-5-2-6-19-45)43-31-36-50(37-32-43)60-56-25-13-10-22-52(56)53-23-11-14-26-57(53)60/h1-10,12-22,24-40H. The summed E-state index contributed by atoms with van der Waals surface area (Å²) in [5, 5.41) is 4.75. The molecule has 0 N–H and O–H groups in total. The highest BCUT2D eigenvalue weighted by molar-refractivity contribution is 6.08. The van der Waals surface area contributed by atoms with Crippen LogP contribution in [0.25, 0.3) is 82.8 Å². The van der Waals surface area contributed by atoms with Crippen molar-refractivity contribution in [3.05, 3.63) is 243 Å². The Hall–Kier alpha value is -8.12. The summed E-state index contributed by atoms with van der Waals surface area (Å²) >= 11 is 0. The average molecular weight is 763 g/mol. The van der Waals surface area contributed by atoms with Crippen LogP contribution in [0.15, 0.2) is 231 Å². The molecule has 0 saturated heterocycles. The van der Waals surface area contributed by atoms with E-state index in [1.807, 2.05) is 6.07 Å². The van der Waals surface area contributed by atoms with Gasteiger partial charge in [-0.3, -0.25) is 0 Å². The summed E-state index contributed by atoms with van der Waals surface area (Å²) in [6.07, 6.45) is 0. The molecular weight excluding hydrogens is 725 g/mol. The Morgan fingerprint density at radius 3 is 1.73 bits per heavy atom. The van der Waals surface area contributed by atoms with E-state index in [4.69, 9.17) is 0 Å². The SMILES string of the molecule is c1ccc2c(c#1)c1ccccc1n2-c1ccc(-c2ccc(N(c3ccc(-c4ccc5ccccc5c4)cc3)c3ccccc3-c3ccccc3)c(-c3ccccc3)c2)cc1. The van der Waals surface area contributed by atoms with Gasteiger partial charge in [0.25, 0.3) is 0 Å². The van der Waals surface area contributed by atoms with Gasteiger partial charge in [-0.15, -0.1) is 0 Å². The Morgan fingerprint density at radius 2 is 0.950 bits per heavy atom. The van der Waals surface area contributed by atoms with Crippen LogP contribution >= 0.6 is 0 Å². The third-order valence-electron chi connectivity index (χ3n) is 11.7. The maximum Gasteiger partial charge on any atom is 0.0631 e. The quantitative estimate of drug-likeness (QED) is 0.150. The van der Waals surface area contributed by atoms with E-state index in [2.05, 4.69) is 246 Å². The second-order valence-corrected chi connectivity index (χ2v) is 15.2. The third-order valence-corrected chi connectivity index (χ3v) is 11.7. The zero-order valence-corrected chi connectivity index (χ0v) is 32.8. The zero-order chi connectivity index (χ0) is 39.8. The molecule has 0 spiro atoms. The van der Waals surface area contributed by atoms with Crippen molar-refractivity contribution in [2.75, 3.05) is 4.90 Å². The van der Waals surface area contributed by atoms with E-state index in [-0.39, 0.29) is 0 Å². The Balaban J connectivity index is 1.05. The van der Waals surface area contributed by atoms with Crippen molar-refractivity contribution in [1.82, 2.24) is 4.57 Å². The Morgan fingerprint density at radius 1 is 0.367 bits per heavy atom. The topological polar surface area (TPSA) is 8.17 Å². The van der Waals surface area contributed by atoms with Crippen LogP contribution in [0, 0.1) is 12.1 Å². The molecule has 11 aromatic rings. The normalized spacial score (nSPS) is 11.2. The zero-order valence-electron chi connectivity index (χ0n) is 32.8. The molecule has 11 rings (SSSR count). The number of rotatable bonds is 8. The van der Waals surface area contributed by atoms with E-state index in [0.29, 0.717) is 0 Å². The molecule has 0 amide bonds. The molecule has 1 heterocycles. The van der Waals surface area contributed by atoms with Gasteiger partial charge >= 0.3 is 0 Å². The maximum atomic E-state index is 3.36. The Labute approximate surface area is 350 Å². The second kappa shape index (κ2) is 15.0. The van der Waals surface area contributed by atoms with Crippen molar-refractivity contribution in [3.8, 4) is 50.2 Å². The number of fused-ring (bicyclic) bond motifs is 4. The maximum absolute atomic E-state index is 3.36. The van der Waals surface area contributed by atoms with Crippen LogP contribution in [-0.2, 0) is 0 Å². The lowest BCUT2D eigenvalue weighted by Gasteiger charge is -2.30. The van der Waals surface area contributed by atoms with Gasteiger partial charge in [-0.1, -0.05) is 176 Å². The first-order valence-electron chi connectivity index (χ1n) is 20.4. The number of aromatic nitrogens is 1. The number of para-hydroxylation sites is 2. The summed E-state index contributed by atoms with van der Waals surface area (Å²) in [6, 6.07) is 89.5. The minimum Gasteiger partial charge on any atom is -0.309 e. The van der Waals surface area contributed by atoms with E-state index in [0.717, 1.165) is 67.0 Å². The summed E-state index contributed by atoms with van der Waals surface area (Å²) in [7, 11) is 0. The van der Waals surface area contributed by atoms with Crippen LogP contribution in [0.1, 0.15) is 0 Å². The molecule has 0 fully saturated rings. The van der Waals surface area contributed by atoms with Crippen molar-refractivity contribution in [2.45, 2.75) is 0 Å². The minimum atomic E-state index is 1.08. The van der Waals surface area contributed by atoms with E-state index in [9.17, 15) is 0 Å². The minimum absolute atomic E-state index is 1.08. The molecule has 10 aromatic carbocycles. The van der Waals surface area contributed by atoms with Gasteiger partial charge in [0, 0.05) is 27.9 Å². The molecule has 0 aliphatic rings. The van der Waals surface area contributed by atoms with Gasteiger partial charge in [-0.25, -0.2) is 0 Å².